The topological polar surface area (TPSA) is 109 Å². The average Bonchev–Trinajstić information content (AvgIpc) is 3.00. The molecule has 3 N–H and O–H groups in total. The van der Waals surface area contributed by atoms with Gasteiger partial charge in [-0.3, -0.25) is 19.1 Å². The van der Waals surface area contributed by atoms with Crippen LogP contribution in [0.5, 0.6) is 5.75 Å². The molecule has 0 radical (unpaired) electrons. The quantitative estimate of drug-likeness (QED) is 0.312. The van der Waals surface area contributed by atoms with Gasteiger partial charge >= 0.3 is 0 Å². The van der Waals surface area contributed by atoms with Crippen LogP contribution in [0.15, 0.2) is 40.2 Å². The number of carbonyl (C=O) groups excluding carboxylic acids is 1. The minimum atomic E-state index is -3.27. The number of halogens is 2. The Morgan fingerprint density at radius 3 is 2.73 bits per heavy atom. The Bertz CT molecular complexity index is 1400. The number of hydrogen-bond donors (Lipinski definition) is 3. The molecule has 0 aliphatic carbocycles. The van der Waals surface area contributed by atoms with Crippen molar-refractivity contribution in [2.24, 2.45) is 4.99 Å². The molecule has 4 rings (SSSR count). The highest BCUT2D eigenvalue weighted by Crippen LogP contribution is 2.36. The molecule has 0 spiro atoms. The number of rotatable bonds is 8. The van der Waals surface area contributed by atoms with Crippen LogP contribution in [0, 0.1) is 0 Å². The fourth-order valence-corrected chi connectivity index (χ4v) is 4.48. The van der Waals surface area contributed by atoms with Gasteiger partial charge in [-0.1, -0.05) is 38.1 Å². The summed E-state index contributed by atoms with van der Waals surface area (Å²) in [6, 6.07) is 7.99. The number of nitrogens with zero attached hydrogens (tertiary/aromatic N) is 3. The number of nitrogens with one attached hydrogen (secondary N) is 2. The predicted molar refractivity (Wildman–Crippen MR) is 140 cm³/mol. The highest BCUT2D eigenvalue weighted by Gasteiger charge is 2.37. The number of aliphatic imine (C=N–C) groups is 1. The second kappa shape index (κ2) is 10.7. The van der Waals surface area contributed by atoms with Crippen molar-refractivity contribution in [3.05, 3.63) is 63.1 Å². The van der Waals surface area contributed by atoms with Crippen molar-refractivity contribution in [3.8, 4) is 5.75 Å². The van der Waals surface area contributed by atoms with Crippen molar-refractivity contribution in [2.75, 3.05) is 25.5 Å². The van der Waals surface area contributed by atoms with Gasteiger partial charge in [0.25, 0.3) is 17.4 Å². The number of alkyl halides is 2. The molecule has 1 aliphatic rings. The molecule has 0 saturated heterocycles. The number of carbonyl (C=O) groups is 1. The SMILES string of the molecule is CN=CCCCNC(=O)c1c(O)c2ncc(Cc3ccc(C(C)C)cc3)c3c2n(c1=O)CC(F)(F)CN3. The number of benzene rings is 1. The summed E-state index contributed by atoms with van der Waals surface area (Å²) in [6.45, 7) is 2.79. The summed E-state index contributed by atoms with van der Waals surface area (Å²) in [4.78, 5) is 34.3. The zero-order chi connectivity index (χ0) is 26.7. The minimum absolute atomic E-state index is 0.0617. The smallest absolute Gasteiger partial charge is 0.282 e. The molecule has 0 bridgehead atoms. The van der Waals surface area contributed by atoms with E-state index in [1.807, 2.05) is 24.3 Å². The number of unbranched alkanes of at least 4 members (excludes halogenated alkanes) is 1. The van der Waals surface area contributed by atoms with Gasteiger partial charge in [-0.05, 0) is 36.1 Å². The van der Waals surface area contributed by atoms with Crippen molar-refractivity contribution in [3.63, 3.8) is 0 Å². The molecule has 0 fully saturated rings. The van der Waals surface area contributed by atoms with E-state index in [0.29, 0.717) is 36.4 Å². The van der Waals surface area contributed by atoms with Crippen LogP contribution in [-0.2, 0) is 13.0 Å². The molecular formula is C27H31F2N5O3. The largest absolute Gasteiger partial charge is 0.505 e. The second-order valence-electron chi connectivity index (χ2n) is 9.59. The standard InChI is InChI=1S/C27H31F2N5O3/c1-16(2)18-8-6-17(7-9-18)12-19-13-32-22-23-21(19)33-14-27(28,29)15-34(23)26(37)20(24(22)35)25(36)31-11-5-4-10-30-3/h6-10,13,16,33,35H,4-5,11-12,14-15H2,1-3H3,(H,31,36). The first-order valence-corrected chi connectivity index (χ1v) is 12.3. The Morgan fingerprint density at radius 2 is 2.05 bits per heavy atom. The molecule has 8 nitrogen and oxygen atoms in total. The maximum Gasteiger partial charge on any atom is 0.282 e. The fourth-order valence-electron chi connectivity index (χ4n) is 4.48. The van der Waals surface area contributed by atoms with Crippen LogP contribution < -0.4 is 16.2 Å². The predicted octanol–water partition coefficient (Wildman–Crippen LogP) is 4.09. The molecule has 3 heterocycles. The number of aromatic nitrogens is 2. The van der Waals surface area contributed by atoms with E-state index in [2.05, 4.69) is 34.5 Å². The van der Waals surface area contributed by atoms with Gasteiger partial charge in [-0.25, -0.2) is 8.78 Å². The van der Waals surface area contributed by atoms with E-state index < -0.39 is 41.8 Å². The third-order valence-corrected chi connectivity index (χ3v) is 6.48. The summed E-state index contributed by atoms with van der Waals surface area (Å²) < 4.78 is 30.4. The number of anilines is 1. The monoisotopic (exact) mass is 511 g/mol. The molecular weight excluding hydrogens is 480 g/mol. The lowest BCUT2D eigenvalue weighted by Crippen LogP contribution is -2.38. The summed E-state index contributed by atoms with van der Waals surface area (Å²) in [7, 11) is 1.64. The lowest BCUT2D eigenvalue weighted by Gasteiger charge is -2.17. The molecule has 3 aromatic rings. The zero-order valence-electron chi connectivity index (χ0n) is 21.1. The van der Waals surface area contributed by atoms with E-state index in [0.717, 1.165) is 10.1 Å². The van der Waals surface area contributed by atoms with Crippen LogP contribution in [0.1, 0.15) is 59.7 Å². The molecule has 1 aromatic carbocycles. The lowest BCUT2D eigenvalue weighted by atomic mass is 9.98. The first-order valence-electron chi connectivity index (χ1n) is 12.3. The molecule has 0 saturated carbocycles. The molecule has 1 aliphatic heterocycles. The third kappa shape index (κ3) is 5.47. The first-order chi connectivity index (χ1) is 17.6. The van der Waals surface area contributed by atoms with Crippen LogP contribution in [0.2, 0.25) is 0 Å². The van der Waals surface area contributed by atoms with Gasteiger partial charge in [0, 0.05) is 31.8 Å². The Morgan fingerprint density at radius 1 is 1.32 bits per heavy atom. The van der Waals surface area contributed by atoms with E-state index in [1.165, 1.54) is 11.8 Å². The van der Waals surface area contributed by atoms with Crippen LogP contribution in [0.25, 0.3) is 11.0 Å². The van der Waals surface area contributed by atoms with Gasteiger partial charge in [0.2, 0.25) is 0 Å². The molecule has 0 atom stereocenters. The zero-order valence-corrected chi connectivity index (χ0v) is 21.1. The molecule has 196 valence electrons. The van der Waals surface area contributed by atoms with Crippen molar-refractivity contribution in [2.45, 2.75) is 51.5 Å². The fraction of sp³-hybridized carbons (Fsp3) is 0.407. The van der Waals surface area contributed by atoms with Crippen LogP contribution >= 0.6 is 0 Å². The summed E-state index contributed by atoms with van der Waals surface area (Å²) in [6.07, 6.45) is 4.76. The summed E-state index contributed by atoms with van der Waals surface area (Å²) in [5.74, 6) is -4.35. The van der Waals surface area contributed by atoms with Gasteiger partial charge in [0.1, 0.15) is 11.1 Å². The van der Waals surface area contributed by atoms with E-state index >= 15 is 0 Å². The van der Waals surface area contributed by atoms with E-state index in [9.17, 15) is 23.5 Å². The number of pyridine rings is 2. The van der Waals surface area contributed by atoms with Crippen molar-refractivity contribution in [1.29, 1.82) is 0 Å². The summed E-state index contributed by atoms with van der Waals surface area (Å²) >= 11 is 0. The third-order valence-electron chi connectivity index (χ3n) is 6.48. The molecule has 37 heavy (non-hydrogen) atoms. The van der Waals surface area contributed by atoms with Gasteiger partial charge in [0.05, 0.1) is 24.3 Å². The molecule has 10 heteroatoms. The van der Waals surface area contributed by atoms with Crippen molar-refractivity contribution in [1.82, 2.24) is 14.9 Å². The van der Waals surface area contributed by atoms with Gasteiger partial charge in [0.15, 0.2) is 5.75 Å². The lowest BCUT2D eigenvalue weighted by molar-refractivity contribution is -0.000936. The number of aromatic hydroxyl groups is 1. The average molecular weight is 512 g/mol. The van der Waals surface area contributed by atoms with E-state index in [4.69, 9.17) is 0 Å². The van der Waals surface area contributed by atoms with Gasteiger partial charge in [-0.15, -0.1) is 0 Å². The van der Waals surface area contributed by atoms with Gasteiger partial charge in [-0.2, -0.15) is 0 Å². The maximum atomic E-state index is 14.8. The van der Waals surface area contributed by atoms with E-state index in [1.54, 1.807) is 13.3 Å². The van der Waals surface area contributed by atoms with Crippen molar-refractivity contribution >= 4 is 28.8 Å². The van der Waals surface area contributed by atoms with Crippen LogP contribution in [0.3, 0.4) is 0 Å². The van der Waals surface area contributed by atoms with Gasteiger partial charge < -0.3 is 20.7 Å². The normalized spacial score (nSPS) is 14.6. The Balaban J connectivity index is 1.78. The number of amides is 1. The highest BCUT2D eigenvalue weighted by atomic mass is 19.3. The number of hydrogen-bond acceptors (Lipinski definition) is 6. The molecule has 2 aromatic heterocycles. The summed E-state index contributed by atoms with van der Waals surface area (Å²) in [5.41, 5.74) is 1.43. The molecule has 0 unspecified atom stereocenters. The van der Waals surface area contributed by atoms with E-state index in [-0.39, 0.29) is 17.6 Å². The maximum absolute atomic E-state index is 14.8. The highest BCUT2D eigenvalue weighted by molar-refractivity contribution is 6.04. The second-order valence-corrected chi connectivity index (χ2v) is 9.59. The Kier molecular flexibility index (Phi) is 7.56. The molecule has 1 amide bonds. The first kappa shape index (κ1) is 26.2. The Labute approximate surface area is 213 Å². The van der Waals surface area contributed by atoms with Crippen molar-refractivity contribution < 1.29 is 18.7 Å². The Hall–Kier alpha value is -3.82. The van der Waals surface area contributed by atoms with Crippen LogP contribution in [0.4, 0.5) is 14.5 Å². The van der Waals surface area contributed by atoms with Crippen LogP contribution in [-0.4, -0.2) is 52.8 Å². The summed E-state index contributed by atoms with van der Waals surface area (Å²) in [5, 5.41) is 16.3. The minimum Gasteiger partial charge on any atom is -0.505 e.